The summed E-state index contributed by atoms with van der Waals surface area (Å²) in [6.45, 7) is 8.89. The molecular formula is C16H26N2O2. The molecule has 0 radical (unpaired) electrons. The molecule has 2 N–H and O–H groups in total. The Morgan fingerprint density at radius 2 is 2.20 bits per heavy atom. The van der Waals surface area contributed by atoms with Gasteiger partial charge in [0.15, 0.2) is 0 Å². The minimum atomic E-state index is -0.464. The molecule has 2 rings (SSSR count). The maximum Gasteiger partial charge on any atom is 0.227 e. The van der Waals surface area contributed by atoms with Gasteiger partial charge in [-0.15, -0.1) is 0 Å². The molecule has 1 aromatic rings. The van der Waals surface area contributed by atoms with Gasteiger partial charge in [0.1, 0.15) is 0 Å². The largest absolute Gasteiger partial charge is 0.388 e. The fraction of sp³-hybridized carbons (Fsp3) is 0.688. The number of rotatable bonds is 3. The molecule has 1 amide bonds. The third kappa shape index (κ3) is 2.75. The summed E-state index contributed by atoms with van der Waals surface area (Å²) >= 11 is 0. The molecule has 0 saturated carbocycles. The molecule has 0 saturated heterocycles. The smallest absolute Gasteiger partial charge is 0.227 e. The molecule has 0 aliphatic heterocycles. The molecule has 0 spiro atoms. The van der Waals surface area contributed by atoms with Crippen LogP contribution in [-0.2, 0) is 17.8 Å². The average Bonchev–Trinajstić information content (AvgIpc) is 2.69. The van der Waals surface area contributed by atoms with Gasteiger partial charge in [0.25, 0.3) is 0 Å². The van der Waals surface area contributed by atoms with E-state index >= 15 is 0 Å². The Morgan fingerprint density at radius 1 is 1.55 bits per heavy atom. The first kappa shape index (κ1) is 15.1. The lowest BCUT2D eigenvalue weighted by molar-refractivity contribution is -0.129. The Balaban J connectivity index is 2.30. The number of hydrogen-bond acceptors (Lipinski definition) is 2. The first-order valence-electron chi connectivity index (χ1n) is 7.24. The zero-order valence-corrected chi connectivity index (χ0v) is 13.2. The van der Waals surface area contributed by atoms with Crippen molar-refractivity contribution in [2.75, 3.05) is 7.05 Å². The van der Waals surface area contributed by atoms with Gasteiger partial charge in [0, 0.05) is 31.0 Å². The van der Waals surface area contributed by atoms with Crippen LogP contribution in [0.3, 0.4) is 0 Å². The fourth-order valence-electron chi connectivity index (χ4n) is 3.17. The fourth-order valence-corrected chi connectivity index (χ4v) is 3.17. The first-order valence-corrected chi connectivity index (χ1v) is 7.24. The number of nitrogens with zero attached hydrogens (tertiary/aromatic N) is 1. The molecule has 1 unspecified atom stereocenters. The van der Waals surface area contributed by atoms with Crippen molar-refractivity contribution < 1.29 is 9.90 Å². The standard InChI is InChI=1S/C16H26N2O2/c1-15(2)8-12-11(13(19)9-15)6-7-18(12)10-16(3,4)14(20)17-5/h6-7,13,19H,8-10H2,1-5H3,(H,17,20). The van der Waals surface area contributed by atoms with Gasteiger partial charge in [0.2, 0.25) is 5.91 Å². The van der Waals surface area contributed by atoms with Crippen molar-refractivity contribution in [1.29, 1.82) is 0 Å². The molecule has 1 aromatic heterocycles. The van der Waals surface area contributed by atoms with Gasteiger partial charge in [0.05, 0.1) is 11.5 Å². The van der Waals surface area contributed by atoms with Crippen molar-refractivity contribution in [1.82, 2.24) is 9.88 Å². The maximum absolute atomic E-state index is 11.9. The molecular weight excluding hydrogens is 252 g/mol. The quantitative estimate of drug-likeness (QED) is 0.891. The van der Waals surface area contributed by atoms with Crippen LogP contribution < -0.4 is 5.32 Å². The van der Waals surface area contributed by atoms with Crippen molar-refractivity contribution in [3.8, 4) is 0 Å². The van der Waals surface area contributed by atoms with Crippen LogP contribution in [-0.4, -0.2) is 22.6 Å². The summed E-state index contributed by atoms with van der Waals surface area (Å²) < 4.78 is 2.13. The van der Waals surface area contributed by atoms with E-state index in [1.165, 1.54) is 5.69 Å². The summed E-state index contributed by atoms with van der Waals surface area (Å²) in [5, 5.41) is 13.0. The van der Waals surface area contributed by atoms with Crippen molar-refractivity contribution in [2.45, 2.75) is 53.2 Å². The molecule has 1 heterocycles. The molecule has 0 fully saturated rings. The number of carbonyl (C=O) groups excluding carboxylic acids is 1. The average molecular weight is 278 g/mol. The minimum Gasteiger partial charge on any atom is -0.388 e. The highest BCUT2D eigenvalue weighted by atomic mass is 16.3. The van der Waals surface area contributed by atoms with Gasteiger partial charge < -0.3 is 15.0 Å². The summed E-state index contributed by atoms with van der Waals surface area (Å²) in [6.07, 6.45) is 3.34. The van der Waals surface area contributed by atoms with Crippen molar-refractivity contribution in [3.63, 3.8) is 0 Å². The third-order valence-electron chi connectivity index (χ3n) is 4.27. The molecule has 0 aromatic carbocycles. The lowest BCUT2D eigenvalue weighted by atomic mass is 9.75. The van der Waals surface area contributed by atoms with Gasteiger partial charge in [-0.3, -0.25) is 4.79 Å². The Labute approximate surface area is 121 Å². The van der Waals surface area contributed by atoms with Crippen LogP contribution in [0.2, 0.25) is 0 Å². The Morgan fingerprint density at radius 3 is 2.80 bits per heavy atom. The summed E-state index contributed by atoms with van der Waals surface area (Å²) in [5.41, 5.74) is 1.83. The predicted octanol–water partition coefficient (Wildman–Crippen LogP) is 2.27. The van der Waals surface area contributed by atoms with E-state index in [9.17, 15) is 9.90 Å². The third-order valence-corrected chi connectivity index (χ3v) is 4.27. The maximum atomic E-state index is 11.9. The molecule has 4 heteroatoms. The molecule has 1 aliphatic rings. The van der Waals surface area contributed by atoms with E-state index in [0.717, 1.165) is 18.4 Å². The second-order valence-electron chi connectivity index (χ2n) is 7.37. The highest BCUT2D eigenvalue weighted by Crippen LogP contribution is 2.41. The topological polar surface area (TPSA) is 54.3 Å². The van der Waals surface area contributed by atoms with E-state index in [1.54, 1.807) is 7.05 Å². The van der Waals surface area contributed by atoms with Crippen LogP contribution in [0.25, 0.3) is 0 Å². The van der Waals surface area contributed by atoms with Crippen molar-refractivity contribution in [2.24, 2.45) is 10.8 Å². The monoisotopic (exact) mass is 278 g/mol. The van der Waals surface area contributed by atoms with Gasteiger partial charge >= 0.3 is 0 Å². The SMILES string of the molecule is CNC(=O)C(C)(C)Cn1ccc2c1CC(C)(C)CC2O. The zero-order valence-electron chi connectivity index (χ0n) is 13.2. The van der Waals surface area contributed by atoms with Gasteiger partial charge in [-0.1, -0.05) is 13.8 Å². The van der Waals surface area contributed by atoms with Crippen molar-refractivity contribution in [3.05, 3.63) is 23.5 Å². The second kappa shape index (κ2) is 4.92. The number of amides is 1. The van der Waals surface area contributed by atoms with Gasteiger partial charge in [-0.05, 0) is 38.2 Å². The first-order chi connectivity index (χ1) is 9.16. The van der Waals surface area contributed by atoms with E-state index in [2.05, 4.69) is 23.7 Å². The highest BCUT2D eigenvalue weighted by Gasteiger charge is 2.35. The van der Waals surface area contributed by atoms with Gasteiger partial charge in [-0.25, -0.2) is 0 Å². The predicted molar refractivity (Wildman–Crippen MR) is 79.3 cm³/mol. The van der Waals surface area contributed by atoms with Crippen molar-refractivity contribution >= 4 is 5.91 Å². The number of fused-ring (bicyclic) bond motifs is 1. The highest BCUT2D eigenvalue weighted by molar-refractivity contribution is 5.81. The minimum absolute atomic E-state index is 0.0376. The van der Waals surface area contributed by atoms with Crippen LogP contribution in [0.15, 0.2) is 12.3 Å². The van der Waals surface area contributed by atoms with E-state index < -0.39 is 11.5 Å². The zero-order chi connectivity index (χ0) is 15.1. The molecule has 20 heavy (non-hydrogen) atoms. The molecule has 1 atom stereocenters. The van der Waals surface area contributed by atoms with Gasteiger partial charge in [-0.2, -0.15) is 0 Å². The molecule has 1 aliphatic carbocycles. The Bertz CT molecular complexity index is 515. The number of aliphatic hydroxyl groups excluding tert-OH is 1. The van der Waals surface area contributed by atoms with Crippen LogP contribution in [0.5, 0.6) is 0 Å². The lowest BCUT2D eigenvalue weighted by Crippen LogP contribution is -2.38. The number of nitrogens with one attached hydrogen (secondary N) is 1. The normalized spacial score (nSPS) is 21.4. The summed E-state index contributed by atoms with van der Waals surface area (Å²) in [4.78, 5) is 11.9. The summed E-state index contributed by atoms with van der Waals surface area (Å²) in [6, 6.07) is 2.00. The second-order valence-corrected chi connectivity index (χ2v) is 7.37. The number of aliphatic hydroxyl groups is 1. The summed E-state index contributed by atoms with van der Waals surface area (Å²) in [5.74, 6) is 0.0376. The van der Waals surface area contributed by atoms with E-state index in [4.69, 9.17) is 0 Å². The van der Waals surface area contributed by atoms with Crippen LogP contribution >= 0.6 is 0 Å². The van der Waals surface area contributed by atoms with Crippen LogP contribution in [0.1, 0.15) is 51.5 Å². The number of aromatic nitrogens is 1. The molecule has 112 valence electrons. The lowest BCUT2D eigenvalue weighted by Gasteiger charge is -2.35. The van der Waals surface area contributed by atoms with E-state index in [1.807, 2.05) is 26.1 Å². The van der Waals surface area contributed by atoms with Crippen LogP contribution in [0, 0.1) is 10.8 Å². The number of carbonyl (C=O) groups is 1. The molecule has 4 nitrogen and oxygen atoms in total. The molecule has 0 bridgehead atoms. The van der Waals surface area contributed by atoms with E-state index in [-0.39, 0.29) is 11.3 Å². The number of hydrogen-bond donors (Lipinski definition) is 2. The van der Waals surface area contributed by atoms with E-state index in [0.29, 0.717) is 6.54 Å². The summed E-state index contributed by atoms with van der Waals surface area (Å²) in [7, 11) is 1.67. The van der Waals surface area contributed by atoms with Crippen LogP contribution in [0.4, 0.5) is 0 Å². The Hall–Kier alpha value is -1.29. The Kier molecular flexibility index (Phi) is 3.71.